The van der Waals surface area contributed by atoms with Gasteiger partial charge in [-0.05, 0) is 27.3 Å². The summed E-state index contributed by atoms with van der Waals surface area (Å²) < 4.78 is 1.92. The number of Topliss-reactive ketones (excluding diaryl/α,β-unsaturated/α-hetero) is 1. The smallest absolute Gasteiger partial charge is 0.137 e. The summed E-state index contributed by atoms with van der Waals surface area (Å²) in [4.78, 5) is 23.0. The van der Waals surface area contributed by atoms with E-state index in [0.717, 1.165) is 32.0 Å². The van der Waals surface area contributed by atoms with Crippen LogP contribution in [0, 0.1) is 5.41 Å². The molecule has 19 heavy (non-hydrogen) atoms. The Bertz CT molecular complexity index is 272. The minimum Gasteiger partial charge on any atom is -0.302 e. The highest BCUT2D eigenvalue weighted by molar-refractivity contribution is 8.01. The van der Waals surface area contributed by atoms with E-state index in [0.29, 0.717) is 26.7 Å². The molecule has 0 spiro atoms. The van der Waals surface area contributed by atoms with Crippen molar-refractivity contribution in [3.63, 3.8) is 0 Å². The predicted molar refractivity (Wildman–Crippen MR) is 87.8 cm³/mol. The predicted octanol–water partition coefficient (Wildman–Crippen LogP) is 3.83. The number of hydrogen-bond donors (Lipinski definition) is 0. The summed E-state index contributed by atoms with van der Waals surface area (Å²) in [5.74, 6) is 0.215. The molecule has 0 aromatic rings. The van der Waals surface area contributed by atoms with Crippen molar-refractivity contribution in [3.05, 3.63) is 0 Å². The first kappa shape index (κ1) is 19.2. The van der Waals surface area contributed by atoms with Crippen LogP contribution in [0.1, 0.15) is 59.3 Å². The number of aldehydes is 1. The summed E-state index contributed by atoms with van der Waals surface area (Å²) in [5, 5.41) is 0. The zero-order chi connectivity index (χ0) is 14.9. The third kappa shape index (κ3) is 6.43. The summed E-state index contributed by atoms with van der Waals surface area (Å²) in [5.41, 5.74) is 0.306. The zero-order valence-corrected chi connectivity index (χ0v) is 14.9. The maximum Gasteiger partial charge on any atom is 0.137 e. The molecule has 0 heterocycles. The average Bonchev–Trinajstić information content (AvgIpc) is 2.46. The lowest BCUT2D eigenvalue weighted by Gasteiger charge is -2.30. The molecule has 5 heteroatoms. The molecule has 0 saturated heterocycles. The molecule has 0 amide bonds. The van der Waals surface area contributed by atoms with Crippen molar-refractivity contribution in [1.82, 2.24) is 4.67 Å². The van der Waals surface area contributed by atoms with Gasteiger partial charge in [0.1, 0.15) is 12.1 Å². The molecular weight excluding hydrogens is 276 g/mol. The standard InChI is InChI=1S/C14H29NO2P2/c1-5-14(6-2,7-3)9-8-13(17)10-12(11-16)15(4)19-18/h11-12,19H,5-10,18H2,1-4H3. The van der Waals surface area contributed by atoms with E-state index in [-0.39, 0.29) is 11.8 Å². The van der Waals surface area contributed by atoms with Gasteiger partial charge in [0.15, 0.2) is 0 Å². The third-order valence-corrected chi connectivity index (χ3v) is 6.44. The van der Waals surface area contributed by atoms with Crippen LogP contribution in [0.15, 0.2) is 0 Å². The van der Waals surface area contributed by atoms with Gasteiger partial charge in [0, 0.05) is 12.8 Å². The van der Waals surface area contributed by atoms with E-state index in [4.69, 9.17) is 0 Å². The van der Waals surface area contributed by atoms with Gasteiger partial charge in [0.2, 0.25) is 0 Å². The number of carbonyl (C=O) groups excluding carboxylic acids is 2. The van der Waals surface area contributed by atoms with Crippen LogP contribution in [0.3, 0.4) is 0 Å². The fourth-order valence-corrected chi connectivity index (χ4v) is 3.31. The zero-order valence-electron chi connectivity index (χ0n) is 12.7. The molecule has 0 N–H and O–H groups in total. The number of carbonyl (C=O) groups is 2. The topological polar surface area (TPSA) is 37.4 Å². The number of likely N-dealkylation sites (N-methyl/N-ethyl adjacent to an activating group) is 1. The summed E-state index contributed by atoms with van der Waals surface area (Å²) >= 11 is 0. The fourth-order valence-electron chi connectivity index (χ4n) is 2.39. The second-order valence-corrected chi connectivity index (χ2v) is 6.99. The van der Waals surface area contributed by atoms with Gasteiger partial charge in [-0.1, -0.05) is 49.0 Å². The van der Waals surface area contributed by atoms with E-state index in [1.807, 2.05) is 11.7 Å². The molecule has 0 aliphatic carbocycles. The Morgan fingerprint density at radius 1 is 1.32 bits per heavy atom. The molecule has 0 aromatic heterocycles. The minimum absolute atomic E-state index is 0.215. The van der Waals surface area contributed by atoms with E-state index in [1.165, 1.54) is 0 Å². The van der Waals surface area contributed by atoms with Gasteiger partial charge in [-0.15, -0.1) is 0 Å². The van der Waals surface area contributed by atoms with Crippen LogP contribution in [0.25, 0.3) is 0 Å². The number of hydrogen-bond acceptors (Lipinski definition) is 3. The van der Waals surface area contributed by atoms with Gasteiger partial charge in [-0.3, -0.25) is 9.46 Å². The van der Waals surface area contributed by atoms with Gasteiger partial charge in [-0.2, -0.15) is 0 Å². The minimum atomic E-state index is -0.261. The van der Waals surface area contributed by atoms with Crippen molar-refractivity contribution in [2.75, 3.05) is 7.05 Å². The van der Waals surface area contributed by atoms with Crippen LogP contribution in [-0.2, 0) is 9.59 Å². The van der Waals surface area contributed by atoms with Crippen molar-refractivity contribution in [1.29, 1.82) is 0 Å². The number of ketones is 1. The van der Waals surface area contributed by atoms with E-state index >= 15 is 0 Å². The SMILES string of the molecule is CCC(CC)(CC)CCC(=O)CC(C=O)N(C)PP. The molecule has 0 aromatic carbocycles. The van der Waals surface area contributed by atoms with Crippen LogP contribution < -0.4 is 0 Å². The molecule has 0 fully saturated rings. The Morgan fingerprint density at radius 2 is 1.84 bits per heavy atom. The van der Waals surface area contributed by atoms with Crippen LogP contribution in [-0.4, -0.2) is 29.8 Å². The quantitative estimate of drug-likeness (QED) is 0.430. The van der Waals surface area contributed by atoms with E-state index in [1.54, 1.807) is 0 Å². The lowest BCUT2D eigenvalue weighted by atomic mass is 9.75. The first-order valence-electron chi connectivity index (χ1n) is 7.14. The van der Waals surface area contributed by atoms with Crippen molar-refractivity contribution < 1.29 is 9.59 Å². The van der Waals surface area contributed by atoms with Crippen molar-refractivity contribution >= 4 is 29.4 Å². The van der Waals surface area contributed by atoms with E-state index in [2.05, 4.69) is 29.7 Å². The molecule has 3 atom stereocenters. The first-order valence-corrected chi connectivity index (χ1v) is 9.90. The highest BCUT2D eigenvalue weighted by Gasteiger charge is 2.25. The monoisotopic (exact) mass is 305 g/mol. The highest BCUT2D eigenvalue weighted by atomic mass is 32.0. The normalized spacial score (nSPS) is 14.2. The second-order valence-electron chi connectivity index (χ2n) is 5.25. The molecule has 0 rings (SSSR count). The Labute approximate surface area is 122 Å². The molecule has 0 aliphatic heterocycles. The molecule has 0 aliphatic rings. The summed E-state index contributed by atoms with van der Waals surface area (Å²) in [6, 6.07) is -0.261. The molecular formula is C14H29NO2P2. The largest absolute Gasteiger partial charge is 0.302 e. The lowest BCUT2D eigenvalue weighted by molar-refractivity contribution is -0.123. The van der Waals surface area contributed by atoms with Crippen molar-refractivity contribution in [2.24, 2.45) is 5.41 Å². The van der Waals surface area contributed by atoms with Crippen LogP contribution in [0.4, 0.5) is 0 Å². The Morgan fingerprint density at radius 3 is 2.21 bits per heavy atom. The maximum atomic E-state index is 12.0. The summed E-state index contributed by atoms with van der Waals surface area (Å²) in [6.07, 6.45) is 6.17. The maximum absolute atomic E-state index is 12.0. The van der Waals surface area contributed by atoms with Gasteiger partial charge in [0.25, 0.3) is 0 Å². The summed E-state index contributed by atoms with van der Waals surface area (Å²) in [6.45, 7) is 6.61. The Hall–Kier alpha value is 0.160. The fraction of sp³-hybridized carbons (Fsp3) is 0.857. The average molecular weight is 305 g/mol. The molecule has 0 radical (unpaired) electrons. The van der Waals surface area contributed by atoms with E-state index in [9.17, 15) is 9.59 Å². The van der Waals surface area contributed by atoms with Gasteiger partial charge in [-0.25, -0.2) is 0 Å². The van der Waals surface area contributed by atoms with Crippen LogP contribution >= 0.6 is 17.3 Å². The van der Waals surface area contributed by atoms with E-state index < -0.39 is 0 Å². The first-order chi connectivity index (χ1) is 8.98. The van der Waals surface area contributed by atoms with Gasteiger partial charge >= 0.3 is 0 Å². The number of rotatable bonds is 11. The van der Waals surface area contributed by atoms with Gasteiger partial charge < -0.3 is 4.79 Å². The van der Waals surface area contributed by atoms with Crippen LogP contribution in [0.5, 0.6) is 0 Å². The Kier molecular flexibility index (Phi) is 10.1. The number of nitrogens with zero attached hydrogens (tertiary/aromatic N) is 1. The van der Waals surface area contributed by atoms with Gasteiger partial charge in [0.05, 0.1) is 6.04 Å². The molecule has 3 unspecified atom stereocenters. The van der Waals surface area contributed by atoms with Crippen molar-refractivity contribution in [2.45, 2.75) is 65.3 Å². The molecule has 0 saturated carbocycles. The lowest BCUT2D eigenvalue weighted by Crippen LogP contribution is -2.29. The Balaban J connectivity index is 4.34. The summed E-state index contributed by atoms with van der Waals surface area (Å²) in [7, 11) is 4.96. The van der Waals surface area contributed by atoms with Crippen LogP contribution in [0.2, 0.25) is 0 Å². The third-order valence-electron chi connectivity index (χ3n) is 4.48. The molecule has 3 nitrogen and oxygen atoms in total. The molecule has 112 valence electrons. The molecule has 0 bridgehead atoms. The van der Waals surface area contributed by atoms with Crippen molar-refractivity contribution in [3.8, 4) is 0 Å². The highest BCUT2D eigenvalue weighted by Crippen LogP contribution is 2.36. The second kappa shape index (κ2) is 9.97.